The molecule has 0 amide bonds. The van der Waals surface area contributed by atoms with Gasteiger partial charge in [-0.3, -0.25) is 0 Å². The molecule has 6 heteroatoms. The third-order valence-corrected chi connectivity index (χ3v) is 5.43. The number of rotatable bonds is 3. The average Bonchev–Trinajstić information content (AvgIpc) is 2.57. The fourth-order valence-electron chi connectivity index (χ4n) is 1.87. The van der Waals surface area contributed by atoms with Gasteiger partial charge in [0.15, 0.2) is 0 Å². The van der Waals surface area contributed by atoms with Gasteiger partial charge >= 0.3 is 7.12 Å². The van der Waals surface area contributed by atoms with Crippen LogP contribution in [0, 0.1) is 0 Å². The molecule has 2 rings (SSSR count). The van der Waals surface area contributed by atoms with Crippen molar-refractivity contribution in [1.82, 2.24) is 4.98 Å². The molecule has 20 heavy (non-hydrogen) atoms. The summed E-state index contributed by atoms with van der Waals surface area (Å²) in [5.41, 5.74) is 0.127. The first-order valence-electron chi connectivity index (χ1n) is 6.86. The second-order valence-electron chi connectivity index (χ2n) is 6.36. The molecule has 0 aromatic carbocycles. The first-order valence-corrected chi connectivity index (χ1v) is 8.07. The zero-order valence-electron chi connectivity index (χ0n) is 13.0. The highest BCUT2D eigenvalue weighted by atomic mass is 32.2. The minimum atomic E-state index is -1.07. The Morgan fingerprint density at radius 3 is 2.10 bits per heavy atom. The van der Waals surface area contributed by atoms with E-state index in [1.807, 2.05) is 47.6 Å². The van der Waals surface area contributed by atoms with Crippen LogP contribution in [-0.2, 0) is 20.5 Å². The Balaban J connectivity index is 2.16. The van der Waals surface area contributed by atoms with Crippen LogP contribution in [0.4, 0.5) is 0 Å². The van der Waals surface area contributed by atoms with Crippen molar-refractivity contribution in [2.75, 3.05) is 0 Å². The summed E-state index contributed by atoms with van der Waals surface area (Å²) in [4.78, 5) is 4.28. The van der Waals surface area contributed by atoms with Crippen LogP contribution >= 0.6 is 0 Å². The second-order valence-corrected chi connectivity index (χ2v) is 8.32. The highest BCUT2D eigenvalue weighted by molar-refractivity contribution is 7.91. The van der Waals surface area contributed by atoms with Crippen LogP contribution in [-0.4, -0.2) is 33.1 Å². The summed E-state index contributed by atoms with van der Waals surface area (Å²) in [6, 6.07) is 3.67. The minimum absolute atomic E-state index is 0.0604. The molecule has 1 aromatic rings. The monoisotopic (exact) mass is 295 g/mol. The summed E-state index contributed by atoms with van der Waals surface area (Å²) in [7, 11) is -0.422. The molecular formula is C14H22BNO3S. The van der Waals surface area contributed by atoms with E-state index in [2.05, 4.69) is 4.98 Å². The number of aromatic nitrogens is 1. The lowest BCUT2D eigenvalue weighted by molar-refractivity contribution is 0.00578. The molecule has 110 valence electrons. The molecule has 1 atom stereocenters. The Hall–Kier alpha value is -0.555. The van der Waals surface area contributed by atoms with E-state index in [1.165, 1.54) is 0 Å². The molecule has 0 aliphatic carbocycles. The summed E-state index contributed by atoms with van der Waals surface area (Å²) >= 11 is -1.07. The highest BCUT2D eigenvalue weighted by Gasteiger charge is 2.51. The Labute approximate surface area is 124 Å². The third-order valence-electron chi connectivity index (χ3n) is 3.92. The van der Waals surface area contributed by atoms with E-state index in [0.29, 0.717) is 5.03 Å². The lowest BCUT2D eigenvalue weighted by atomic mass is 9.80. The van der Waals surface area contributed by atoms with Crippen molar-refractivity contribution < 1.29 is 13.9 Å². The van der Waals surface area contributed by atoms with Crippen LogP contribution in [0.25, 0.3) is 0 Å². The van der Waals surface area contributed by atoms with Crippen LogP contribution in [0.5, 0.6) is 0 Å². The summed E-state index contributed by atoms with van der Waals surface area (Å²) in [5, 5.41) is 0.658. The van der Waals surface area contributed by atoms with Crippen molar-refractivity contribution >= 4 is 23.8 Å². The summed E-state index contributed by atoms with van der Waals surface area (Å²) in [6.45, 7) is 11.9. The molecular weight excluding hydrogens is 273 g/mol. The van der Waals surface area contributed by atoms with Gasteiger partial charge in [0.1, 0.15) is 5.25 Å². The number of hydrogen-bond acceptors (Lipinski definition) is 4. The maximum Gasteiger partial charge on any atom is 0.496 e. The van der Waals surface area contributed by atoms with Crippen LogP contribution in [0.3, 0.4) is 0 Å². The smallest absolute Gasteiger partial charge is 0.496 e. The summed E-state index contributed by atoms with van der Waals surface area (Å²) in [5.74, 6) is 0. The molecule has 1 fully saturated rings. The molecule has 0 spiro atoms. The van der Waals surface area contributed by atoms with Crippen molar-refractivity contribution in [3.63, 3.8) is 0 Å². The predicted molar refractivity (Wildman–Crippen MR) is 81.5 cm³/mol. The zero-order valence-corrected chi connectivity index (χ0v) is 13.8. The molecule has 1 unspecified atom stereocenters. The molecule has 1 aromatic heterocycles. The van der Waals surface area contributed by atoms with Crippen LogP contribution < -0.4 is 5.46 Å². The summed E-state index contributed by atoms with van der Waals surface area (Å²) in [6.07, 6.45) is 1.69. The van der Waals surface area contributed by atoms with Gasteiger partial charge in [-0.25, -0.2) is 4.98 Å². The van der Waals surface area contributed by atoms with Crippen LogP contribution in [0.2, 0.25) is 0 Å². The van der Waals surface area contributed by atoms with Gasteiger partial charge in [-0.05, 0) is 41.5 Å². The Bertz CT molecular complexity index is 460. The van der Waals surface area contributed by atoms with E-state index in [0.717, 1.165) is 5.46 Å². The maximum absolute atomic E-state index is 12.0. The topological polar surface area (TPSA) is 54.4 Å². The van der Waals surface area contributed by atoms with Gasteiger partial charge in [-0.2, -0.15) is 0 Å². The van der Waals surface area contributed by atoms with E-state index >= 15 is 0 Å². The molecule has 4 nitrogen and oxygen atoms in total. The van der Waals surface area contributed by atoms with Crippen LogP contribution in [0.1, 0.15) is 41.5 Å². The first-order chi connectivity index (χ1) is 9.14. The quantitative estimate of drug-likeness (QED) is 0.631. The van der Waals surface area contributed by atoms with Gasteiger partial charge in [-0.15, -0.1) is 0 Å². The van der Waals surface area contributed by atoms with Crippen molar-refractivity contribution in [3.8, 4) is 0 Å². The molecule has 1 saturated heterocycles. The Kier molecular flexibility index (Phi) is 4.22. The Morgan fingerprint density at radius 2 is 1.70 bits per heavy atom. The van der Waals surface area contributed by atoms with Gasteiger partial charge in [0.25, 0.3) is 0 Å². The minimum Gasteiger partial charge on any atom is -0.610 e. The Morgan fingerprint density at radius 1 is 1.15 bits per heavy atom. The van der Waals surface area contributed by atoms with E-state index in [1.54, 1.807) is 12.3 Å². The lowest BCUT2D eigenvalue weighted by Gasteiger charge is -2.32. The second kappa shape index (κ2) is 5.33. The van der Waals surface area contributed by atoms with Gasteiger partial charge in [0, 0.05) is 28.9 Å². The standard InChI is InChI=1S/C14H22BNO3S/c1-10(2)20(17)12-8-7-11(9-16-12)15-18-13(3,4)14(5,6)19-15/h7-10H,1-6H3. The van der Waals surface area contributed by atoms with E-state index < -0.39 is 18.3 Å². The van der Waals surface area contributed by atoms with Gasteiger partial charge in [0.2, 0.25) is 5.03 Å². The lowest BCUT2D eigenvalue weighted by Crippen LogP contribution is -2.41. The molecule has 0 N–H and O–H groups in total. The first kappa shape index (κ1) is 15.8. The van der Waals surface area contributed by atoms with Crippen LogP contribution in [0.15, 0.2) is 23.4 Å². The highest BCUT2D eigenvalue weighted by Crippen LogP contribution is 2.36. The van der Waals surface area contributed by atoms with Gasteiger partial charge < -0.3 is 13.9 Å². The molecule has 1 aliphatic heterocycles. The number of nitrogens with zero attached hydrogens (tertiary/aromatic N) is 1. The fraction of sp³-hybridized carbons (Fsp3) is 0.643. The number of pyridine rings is 1. The van der Waals surface area contributed by atoms with Crippen molar-refractivity contribution in [1.29, 1.82) is 0 Å². The average molecular weight is 295 g/mol. The molecule has 0 saturated carbocycles. The molecule has 0 bridgehead atoms. The molecule has 0 radical (unpaired) electrons. The van der Waals surface area contributed by atoms with Gasteiger partial charge in [-0.1, -0.05) is 6.07 Å². The van der Waals surface area contributed by atoms with Crippen molar-refractivity contribution in [2.45, 2.75) is 63.0 Å². The predicted octanol–water partition coefficient (Wildman–Crippen LogP) is 1.90. The maximum atomic E-state index is 12.0. The largest absolute Gasteiger partial charge is 0.610 e. The number of hydrogen-bond donors (Lipinski definition) is 0. The molecule has 1 aliphatic rings. The third kappa shape index (κ3) is 2.88. The SMILES string of the molecule is CC(C)[S+]([O-])c1ccc(B2OC(C)(C)C(C)(C)O2)cn1. The van der Waals surface area contributed by atoms with E-state index in [9.17, 15) is 4.55 Å². The van der Waals surface area contributed by atoms with Crippen molar-refractivity contribution in [3.05, 3.63) is 18.3 Å². The van der Waals surface area contributed by atoms with E-state index in [-0.39, 0.29) is 16.5 Å². The zero-order chi connectivity index (χ0) is 15.1. The van der Waals surface area contributed by atoms with Crippen molar-refractivity contribution in [2.24, 2.45) is 0 Å². The fourth-order valence-corrected chi connectivity index (χ4v) is 2.71. The van der Waals surface area contributed by atoms with Gasteiger partial charge in [0.05, 0.1) is 11.2 Å². The normalized spacial score (nSPS) is 22.3. The van der Waals surface area contributed by atoms with E-state index in [4.69, 9.17) is 9.31 Å². The molecule has 2 heterocycles. The summed E-state index contributed by atoms with van der Waals surface area (Å²) < 4.78 is 23.9.